The fourth-order valence-corrected chi connectivity index (χ4v) is 3.07. The molecule has 3 heteroatoms. The van der Waals surface area contributed by atoms with Crippen LogP contribution in [0.4, 0.5) is 0 Å². The van der Waals surface area contributed by atoms with Gasteiger partial charge in [-0.15, -0.1) is 0 Å². The van der Waals surface area contributed by atoms with Crippen LogP contribution < -0.4 is 10.1 Å². The number of hydrogen-bond acceptors (Lipinski definition) is 3. The Labute approximate surface area is 121 Å². The van der Waals surface area contributed by atoms with E-state index < -0.39 is 0 Å². The standard InChI is InChI=1S/C17H25NO2/c1-2-5-15(4-1)20-16-9-7-14(8-10-16)12-18-13-17-6-3-11-19-17/h7-10,15,17-18H,1-6,11-13H2/t17-/m1/s1. The van der Waals surface area contributed by atoms with Gasteiger partial charge in [0.15, 0.2) is 0 Å². The molecule has 2 fully saturated rings. The largest absolute Gasteiger partial charge is 0.490 e. The minimum atomic E-state index is 0.417. The van der Waals surface area contributed by atoms with Gasteiger partial charge in [-0.3, -0.25) is 0 Å². The van der Waals surface area contributed by atoms with Crippen molar-refractivity contribution in [3.63, 3.8) is 0 Å². The van der Waals surface area contributed by atoms with Crippen molar-refractivity contribution in [1.29, 1.82) is 0 Å². The first kappa shape index (κ1) is 13.9. The summed E-state index contributed by atoms with van der Waals surface area (Å²) >= 11 is 0. The second-order valence-electron chi connectivity index (χ2n) is 5.93. The predicted octanol–water partition coefficient (Wildman–Crippen LogP) is 3.28. The van der Waals surface area contributed by atoms with E-state index in [1.54, 1.807) is 0 Å². The van der Waals surface area contributed by atoms with Crippen LogP contribution in [-0.2, 0) is 11.3 Å². The Kier molecular flexibility index (Phi) is 4.93. The highest BCUT2D eigenvalue weighted by Gasteiger charge is 2.16. The second kappa shape index (κ2) is 7.09. The fraction of sp³-hybridized carbons (Fsp3) is 0.647. The lowest BCUT2D eigenvalue weighted by atomic mass is 10.2. The number of benzene rings is 1. The van der Waals surface area contributed by atoms with Gasteiger partial charge in [0.25, 0.3) is 0 Å². The number of ether oxygens (including phenoxy) is 2. The number of hydrogen-bond donors (Lipinski definition) is 1. The van der Waals surface area contributed by atoms with Crippen LogP contribution >= 0.6 is 0 Å². The van der Waals surface area contributed by atoms with Crippen LogP contribution in [0.5, 0.6) is 5.75 Å². The zero-order valence-corrected chi connectivity index (χ0v) is 12.1. The topological polar surface area (TPSA) is 30.5 Å². The molecule has 0 radical (unpaired) electrons. The van der Waals surface area contributed by atoms with Gasteiger partial charge >= 0.3 is 0 Å². The molecule has 3 rings (SSSR count). The van der Waals surface area contributed by atoms with E-state index in [1.165, 1.54) is 44.1 Å². The Hall–Kier alpha value is -1.06. The van der Waals surface area contributed by atoms with Gasteiger partial charge in [0, 0.05) is 19.7 Å². The van der Waals surface area contributed by atoms with Gasteiger partial charge in [-0.2, -0.15) is 0 Å². The SMILES string of the molecule is c1cc(OC2CCCC2)ccc1CNC[C@H]1CCCO1. The fourth-order valence-electron chi connectivity index (χ4n) is 3.07. The zero-order chi connectivity index (χ0) is 13.6. The molecule has 20 heavy (non-hydrogen) atoms. The van der Waals surface area contributed by atoms with Gasteiger partial charge in [-0.1, -0.05) is 12.1 Å². The van der Waals surface area contributed by atoms with Crippen LogP contribution in [0.2, 0.25) is 0 Å². The van der Waals surface area contributed by atoms with Crippen LogP contribution in [0.25, 0.3) is 0 Å². The summed E-state index contributed by atoms with van der Waals surface area (Å²) in [7, 11) is 0. The molecule has 1 atom stereocenters. The van der Waals surface area contributed by atoms with Crippen molar-refractivity contribution in [2.24, 2.45) is 0 Å². The Balaban J connectivity index is 1.41. The molecular formula is C17H25NO2. The summed E-state index contributed by atoms with van der Waals surface area (Å²) in [5.74, 6) is 1.01. The van der Waals surface area contributed by atoms with Crippen molar-refractivity contribution in [2.45, 2.75) is 57.3 Å². The molecule has 1 aliphatic carbocycles. The van der Waals surface area contributed by atoms with Gasteiger partial charge < -0.3 is 14.8 Å². The maximum Gasteiger partial charge on any atom is 0.119 e. The molecule has 1 heterocycles. The third-order valence-corrected chi connectivity index (χ3v) is 4.25. The quantitative estimate of drug-likeness (QED) is 0.864. The first-order valence-electron chi connectivity index (χ1n) is 7.98. The summed E-state index contributed by atoms with van der Waals surface area (Å²) in [5, 5.41) is 3.47. The first-order valence-corrected chi connectivity index (χ1v) is 7.98. The molecule has 0 bridgehead atoms. The summed E-state index contributed by atoms with van der Waals surface area (Å²) in [6.45, 7) is 2.80. The van der Waals surface area contributed by atoms with Crippen LogP contribution in [0.3, 0.4) is 0 Å². The number of rotatable bonds is 6. The molecule has 0 spiro atoms. The maximum absolute atomic E-state index is 5.98. The average Bonchev–Trinajstić information content (AvgIpc) is 3.14. The molecule has 0 unspecified atom stereocenters. The van der Waals surface area contributed by atoms with Crippen molar-refractivity contribution < 1.29 is 9.47 Å². The van der Waals surface area contributed by atoms with Gasteiger partial charge in [0.1, 0.15) is 5.75 Å². The van der Waals surface area contributed by atoms with E-state index in [9.17, 15) is 0 Å². The maximum atomic E-state index is 5.98. The first-order chi connectivity index (χ1) is 9.90. The van der Waals surface area contributed by atoms with Crippen LogP contribution in [0.1, 0.15) is 44.1 Å². The average molecular weight is 275 g/mol. The number of nitrogens with one attached hydrogen (secondary N) is 1. The van der Waals surface area contributed by atoms with Gasteiger partial charge in [-0.25, -0.2) is 0 Å². The van der Waals surface area contributed by atoms with Crippen molar-refractivity contribution >= 4 is 0 Å². The van der Waals surface area contributed by atoms with E-state index in [4.69, 9.17) is 9.47 Å². The molecule has 1 saturated heterocycles. The third-order valence-electron chi connectivity index (χ3n) is 4.25. The summed E-state index contributed by atoms with van der Waals surface area (Å²) in [6, 6.07) is 8.52. The molecule has 110 valence electrons. The van der Waals surface area contributed by atoms with Crippen LogP contribution in [0, 0.1) is 0 Å². The minimum Gasteiger partial charge on any atom is -0.490 e. The molecule has 1 N–H and O–H groups in total. The van der Waals surface area contributed by atoms with E-state index in [0.29, 0.717) is 12.2 Å². The van der Waals surface area contributed by atoms with Gasteiger partial charge in [0.2, 0.25) is 0 Å². The molecular weight excluding hydrogens is 250 g/mol. The molecule has 2 aliphatic rings. The normalized spacial score (nSPS) is 23.3. The lowest BCUT2D eigenvalue weighted by molar-refractivity contribution is 0.110. The predicted molar refractivity (Wildman–Crippen MR) is 80.0 cm³/mol. The highest BCUT2D eigenvalue weighted by molar-refractivity contribution is 5.27. The molecule has 1 aliphatic heterocycles. The molecule has 1 aromatic carbocycles. The van der Waals surface area contributed by atoms with Crippen molar-refractivity contribution in [3.8, 4) is 5.75 Å². The molecule has 0 amide bonds. The van der Waals surface area contributed by atoms with Gasteiger partial charge in [-0.05, 0) is 56.2 Å². The lowest BCUT2D eigenvalue weighted by Crippen LogP contribution is -2.25. The van der Waals surface area contributed by atoms with E-state index in [0.717, 1.165) is 25.4 Å². The van der Waals surface area contributed by atoms with E-state index in [2.05, 4.69) is 29.6 Å². The Morgan fingerprint density at radius 1 is 1.05 bits per heavy atom. The van der Waals surface area contributed by atoms with Crippen molar-refractivity contribution in [2.75, 3.05) is 13.2 Å². The molecule has 0 aromatic heterocycles. The Morgan fingerprint density at radius 2 is 1.85 bits per heavy atom. The summed E-state index contributed by atoms with van der Waals surface area (Å²) < 4.78 is 11.6. The highest BCUT2D eigenvalue weighted by Crippen LogP contribution is 2.24. The van der Waals surface area contributed by atoms with Crippen molar-refractivity contribution in [1.82, 2.24) is 5.32 Å². The Morgan fingerprint density at radius 3 is 2.55 bits per heavy atom. The third kappa shape index (κ3) is 3.97. The smallest absolute Gasteiger partial charge is 0.119 e. The molecule has 1 aromatic rings. The summed E-state index contributed by atoms with van der Waals surface area (Å²) in [4.78, 5) is 0. The van der Waals surface area contributed by atoms with E-state index in [-0.39, 0.29) is 0 Å². The minimum absolute atomic E-state index is 0.417. The molecule has 3 nitrogen and oxygen atoms in total. The van der Waals surface area contributed by atoms with Crippen LogP contribution in [-0.4, -0.2) is 25.4 Å². The molecule has 1 saturated carbocycles. The van der Waals surface area contributed by atoms with Gasteiger partial charge in [0.05, 0.1) is 12.2 Å². The van der Waals surface area contributed by atoms with E-state index in [1.807, 2.05) is 0 Å². The highest BCUT2D eigenvalue weighted by atomic mass is 16.5. The summed E-state index contributed by atoms with van der Waals surface area (Å²) in [5.41, 5.74) is 1.31. The monoisotopic (exact) mass is 275 g/mol. The summed E-state index contributed by atoms with van der Waals surface area (Å²) in [6.07, 6.45) is 8.32. The second-order valence-corrected chi connectivity index (χ2v) is 5.93. The van der Waals surface area contributed by atoms with E-state index >= 15 is 0 Å². The Bertz CT molecular complexity index is 392. The van der Waals surface area contributed by atoms with Crippen molar-refractivity contribution in [3.05, 3.63) is 29.8 Å². The van der Waals surface area contributed by atoms with Crippen LogP contribution in [0.15, 0.2) is 24.3 Å². The zero-order valence-electron chi connectivity index (χ0n) is 12.1. The lowest BCUT2D eigenvalue weighted by Gasteiger charge is -2.14.